The van der Waals surface area contributed by atoms with Crippen LogP contribution in [0.4, 0.5) is 5.69 Å². The van der Waals surface area contributed by atoms with Crippen LogP contribution in [0.15, 0.2) is 30.5 Å². The highest BCUT2D eigenvalue weighted by atomic mass is 16.6. The lowest BCUT2D eigenvalue weighted by Crippen LogP contribution is -2.26. The van der Waals surface area contributed by atoms with Crippen molar-refractivity contribution in [3.63, 3.8) is 0 Å². The van der Waals surface area contributed by atoms with E-state index in [0.29, 0.717) is 6.54 Å². The van der Waals surface area contributed by atoms with Gasteiger partial charge in [-0.05, 0) is 26.1 Å². The number of carbonyl (C=O) groups excluding carboxylic acids is 1. The SMILES string of the molecule is Cc1cccc(CN(C)CC(=O)c2cc([N+](=O)[O-])c[nH]2)n1. The van der Waals surface area contributed by atoms with Gasteiger partial charge in [-0.15, -0.1) is 0 Å². The summed E-state index contributed by atoms with van der Waals surface area (Å²) in [4.78, 5) is 30.9. The molecule has 0 aliphatic rings. The second-order valence-corrected chi connectivity index (χ2v) is 4.89. The van der Waals surface area contributed by atoms with Gasteiger partial charge in [0.1, 0.15) is 0 Å². The standard InChI is InChI=1S/C14H16N4O3/c1-10-4-3-5-11(16-10)8-17(2)9-14(19)13-6-12(7-15-13)18(20)21/h3-7,15H,8-9H2,1-2H3. The van der Waals surface area contributed by atoms with Gasteiger partial charge < -0.3 is 4.98 Å². The molecule has 0 aliphatic carbocycles. The van der Waals surface area contributed by atoms with Crippen molar-refractivity contribution in [2.24, 2.45) is 0 Å². The quantitative estimate of drug-likeness (QED) is 0.498. The molecule has 0 atom stereocenters. The highest BCUT2D eigenvalue weighted by Gasteiger charge is 2.16. The number of pyridine rings is 1. The van der Waals surface area contributed by atoms with Crippen molar-refractivity contribution in [3.8, 4) is 0 Å². The van der Waals surface area contributed by atoms with Crippen molar-refractivity contribution >= 4 is 11.5 Å². The first kappa shape index (κ1) is 14.9. The Kier molecular flexibility index (Phi) is 4.44. The van der Waals surface area contributed by atoms with E-state index in [9.17, 15) is 14.9 Å². The second-order valence-electron chi connectivity index (χ2n) is 4.89. The van der Waals surface area contributed by atoms with Crippen molar-refractivity contribution in [1.29, 1.82) is 0 Å². The Bertz CT molecular complexity index is 666. The zero-order chi connectivity index (χ0) is 15.4. The first-order valence-electron chi connectivity index (χ1n) is 6.43. The van der Waals surface area contributed by atoms with Crippen LogP contribution in [0.25, 0.3) is 0 Å². The number of hydrogen-bond donors (Lipinski definition) is 1. The molecule has 0 saturated heterocycles. The third-order valence-corrected chi connectivity index (χ3v) is 2.97. The third-order valence-electron chi connectivity index (χ3n) is 2.97. The van der Waals surface area contributed by atoms with E-state index in [2.05, 4.69) is 9.97 Å². The Hall–Kier alpha value is -2.54. The molecule has 0 aromatic carbocycles. The molecule has 0 fully saturated rings. The maximum Gasteiger partial charge on any atom is 0.287 e. The molecule has 2 rings (SSSR count). The van der Waals surface area contributed by atoms with E-state index in [1.807, 2.05) is 30.0 Å². The van der Waals surface area contributed by atoms with Gasteiger partial charge in [0, 0.05) is 18.3 Å². The predicted octanol–water partition coefficient (Wildman–Crippen LogP) is 1.94. The van der Waals surface area contributed by atoms with Gasteiger partial charge in [-0.1, -0.05) is 6.07 Å². The number of aryl methyl sites for hydroxylation is 1. The van der Waals surface area contributed by atoms with Crippen molar-refractivity contribution < 1.29 is 9.72 Å². The topological polar surface area (TPSA) is 92.1 Å². The number of likely N-dealkylation sites (N-methyl/N-ethyl adjacent to an activating group) is 1. The summed E-state index contributed by atoms with van der Waals surface area (Å²) in [6, 6.07) is 6.98. The van der Waals surface area contributed by atoms with Crippen LogP contribution in [0.2, 0.25) is 0 Å². The average molecular weight is 288 g/mol. The molecule has 7 nitrogen and oxygen atoms in total. The molecule has 110 valence electrons. The van der Waals surface area contributed by atoms with E-state index in [-0.39, 0.29) is 23.7 Å². The average Bonchev–Trinajstić information content (AvgIpc) is 2.88. The van der Waals surface area contributed by atoms with Crippen LogP contribution < -0.4 is 0 Å². The molecule has 0 bridgehead atoms. The molecule has 2 heterocycles. The number of aromatic nitrogens is 2. The lowest BCUT2D eigenvalue weighted by molar-refractivity contribution is -0.384. The highest BCUT2D eigenvalue weighted by Crippen LogP contribution is 2.13. The number of nitro groups is 1. The molecule has 0 amide bonds. The van der Waals surface area contributed by atoms with Gasteiger partial charge in [-0.2, -0.15) is 0 Å². The van der Waals surface area contributed by atoms with Gasteiger partial charge in [0.2, 0.25) is 0 Å². The van der Waals surface area contributed by atoms with Gasteiger partial charge in [0.15, 0.2) is 5.78 Å². The van der Waals surface area contributed by atoms with Crippen LogP contribution in [-0.2, 0) is 6.54 Å². The first-order chi connectivity index (χ1) is 9.95. The van der Waals surface area contributed by atoms with Crippen LogP contribution in [0.5, 0.6) is 0 Å². The molecule has 2 aromatic heterocycles. The van der Waals surface area contributed by atoms with Crippen LogP contribution in [0.1, 0.15) is 21.9 Å². The summed E-state index contributed by atoms with van der Waals surface area (Å²) in [5.41, 5.74) is 1.93. The van der Waals surface area contributed by atoms with Crippen LogP contribution >= 0.6 is 0 Å². The molecule has 0 saturated carbocycles. The Balaban J connectivity index is 1.96. The molecule has 0 radical (unpaired) electrons. The molecule has 0 unspecified atom stereocenters. The van der Waals surface area contributed by atoms with Gasteiger partial charge >= 0.3 is 0 Å². The molecular weight excluding hydrogens is 272 g/mol. The Morgan fingerprint density at radius 1 is 1.48 bits per heavy atom. The summed E-state index contributed by atoms with van der Waals surface area (Å²) in [5, 5.41) is 10.6. The number of H-pyrrole nitrogens is 1. The van der Waals surface area contributed by atoms with E-state index in [1.54, 1.807) is 7.05 Å². The molecular formula is C14H16N4O3. The number of nitrogens with one attached hydrogen (secondary N) is 1. The number of nitrogens with zero attached hydrogens (tertiary/aromatic N) is 3. The van der Waals surface area contributed by atoms with Crippen molar-refractivity contribution in [2.45, 2.75) is 13.5 Å². The second kappa shape index (κ2) is 6.27. The van der Waals surface area contributed by atoms with Crippen molar-refractivity contribution in [2.75, 3.05) is 13.6 Å². The van der Waals surface area contributed by atoms with Gasteiger partial charge in [0.05, 0.1) is 29.1 Å². The highest BCUT2D eigenvalue weighted by molar-refractivity contribution is 5.96. The van der Waals surface area contributed by atoms with Crippen LogP contribution in [0.3, 0.4) is 0 Å². The lowest BCUT2D eigenvalue weighted by Gasteiger charge is -2.14. The Morgan fingerprint density at radius 3 is 2.86 bits per heavy atom. The maximum absolute atomic E-state index is 12.0. The van der Waals surface area contributed by atoms with Crippen molar-refractivity contribution in [3.05, 3.63) is 57.7 Å². The van der Waals surface area contributed by atoms with E-state index in [1.165, 1.54) is 12.3 Å². The molecule has 1 N–H and O–H groups in total. The summed E-state index contributed by atoms with van der Waals surface area (Å²) in [6.45, 7) is 2.61. The van der Waals surface area contributed by atoms with Gasteiger partial charge in [-0.25, -0.2) is 0 Å². The number of hydrogen-bond acceptors (Lipinski definition) is 5. The summed E-state index contributed by atoms with van der Waals surface area (Å²) in [6.07, 6.45) is 1.22. The van der Waals surface area contributed by atoms with Crippen LogP contribution in [0, 0.1) is 17.0 Å². The maximum atomic E-state index is 12.0. The summed E-state index contributed by atoms with van der Waals surface area (Å²) in [7, 11) is 1.80. The Morgan fingerprint density at radius 2 is 2.24 bits per heavy atom. The molecule has 0 aliphatic heterocycles. The van der Waals surface area contributed by atoms with E-state index < -0.39 is 4.92 Å². The van der Waals surface area contributed by atoms with E-state index >= 15 is 0 Å². The summed E-state index contributed by atoms with van der Waals surface area (Å²) >= 11 is 0. The minimum atomic E-state index is -0.534. The van der Waals surface area contributed by atoms with Gasteiger partial charge in [-0.3, -0.25) is 24.8 Å². The van der Waals surface area contributed by atoms with E-state index in [4.69, 9.17) is 0 Å². The lowest BCUT2D eigenvalue weighted by atomic mass is 10.2. The van der Waals surface area contributed by atoms with E-state index in [0.717, 1.165) is 11.4 Å². The number of carbonyl (C=O) groups is 1. The zero-order valence-electron chi connectivity index (χ0n) is 11.9. The fraction of sp³-hybridized carbons (Fsp3) is 0.286. The summed E-state index contributed by atoms with van der Waals surface area (Å²) < 4.78 is 0. The first-order valence-corrected chi connectivity index (χ1v) is 6.43. The fourth-order valence-electron chi connectivity index (χ4n) is 2.00. The fourth-order valence-corrected chi connectivity index (χ4v) is 2.00. The molecule has 7 heteroatoms. The monoisotopic (exact) mass is 288 g/mol. The minimum absolute atomic E-state index is 0.110. The number of ketones is 1. The predicted molar refractivity (Wildman–Crippen MR) is 77.1 cm³/mol. The zero-order valence-corrected chi connectivity index (χ0v) is 11.9. The summed E-state index contributed by atoms with van der Waals surface area (Å²) in [5.74, 6) is -0.196. The third kappa shape index (κ3) is 3.96. The Labute approximate surface area is 121 Å². The number of aromatic amines is 1. The normalized spacial score (nSPS) is 10.8. The molecule has 21 heavy (non-hydrogen) atoms. The van der Waals surface area contributed by atoms with Gasteiger partial charge in [0.25, 0.3) is 5.69 Å². The largest absolute Gasteiger partial charge is 0.353 e. The number of Topliss-reactive ketones (excluding diaryl/α,β-unsaturated/α-hetero) is 1. The van der Waals surface area contributed by atoms with Crippen molar-refractivity contribution in [1.82, 2.24) is 14.9 Å². The molecule has 0 spiro atoms. The number of rotatable bonds is 6. The minimum Gasteiger partial charge on any atom is -0.353 e. The molecule has 2 aromatic rings. The smallest absolute Gasteiger partial charge is 0.287 e. The van der Waals surface area contributed by atoms with Crippen LogP contribution in [-0.4, -0.2) is 39.2 Å².